The molecule has 5 heteroatoms. The lowest BCUT2D eigenvalue weighted by Gasteiger charge is -2.14. The van der Waals surface area contributed by atoms with Gasteiger partial charge in [-0.2, -0.15) is 0 Å². The molecule has 0 spiro atoms. The second kappa shape index (κ2) is 6.72. The van der Waals surface area contributed by atoms with E-state index in [9.17, 15) is 9.50 Å². The van der Waals surface area contributed by atoms with Crippen molar-refractivity contribution in [3.8, 4) is 5.75 Å². The van der Waals surface area contributed by atoms with Gasteiger partial charge in [-0.05, 0) is 29.8 Å². The van der Waals surface area contributed by atoms with Gasteiger partial charge in [0.1, 0.15) is 0 Å². The van der Waals surface area contributed by atoms with Gasteiger partial charge in [0.15, 0.2) is 11.6 Å². The van der Waals surface area contributed by atoms with Gasteiger partial charge in [-0.15, -0.1) is 0 Å². The van der Waals surface area contributed by atoms with Gasteiger partial charge in [0.05, 0.1) is 13.2 Å². The lowest BCUT2D eigenvalue weighted by Crippen LogP contribution is -2.12. The molecule has 3 nitrogen and oxygen atoms in total. The van der Waals surface area contributed by atoms with Crippen LogP contribution in [0.3, 0.4) is 0 Å². The molecule has 0 aromatic heterocycles. The van der Waals surface area contributed by atoms with Gasteiger partial charge in [0.25, 0.3) is 0 Å². The predicted octanol–water partition coefficient (Wildman–Crippen LogP) is 3.74. The second-order valence-electron chi connectivity index (χ2n) is 4.30. The SMILES string of the molecule is COc1cc(NCC(O)c2cccc(Br)c2)ccc1F. The van der Waals surface area contributed by atoms with Crippen molar-refractivity contribution in [1.82, 2.24) is 0 Å². The largest absolute Gasteiger partial charge is 0.494 e. The minimum Gasteiger partial charge on any atom is -0.494 e. The number of aliphatic hydroxyl groups excluding tert-OH is 1. The van der Waals surface area contributed by atoms with E-state index < -0.39 is 11.9 Å². The van der Waals surface area contributed by atoms with Crippen LogP contribution in [0.2, 0.25) is 0 Å². The second-order valence-corrected chi connectivity index (χ2v) is 5.22. The van der Waals surface area contributed by atoms with Crippen LogP contribution >= 0.6 is 15.9 Å². The Bertz CT molecular complexity index is 592. The Balaban J connectivity index is 2.01. The third kappa shape index (κ3) is 3.71. The van der Waals surface area contributed by atoms with Crippen molar-refractivity contribution < 1.29 is 14.2 Å². The van der Waals surface area contributed by atoms with Crippen LogP contribution in [0, 0.1) is 5.82 Å². The van der Waals surface area contributed by atoms with Crippen LogP contribution in [0.15, 0.2) is 46.9 Å². The quantitative estimate of drug-likeness (QED) is 0.871. The number of ether oxygens (including phenoxy) is 1. The fourth-order valence-corrected chi connectivity index (χ4v) is 2.23. The van der Waals surface area contributed by atoms with Crippen LogP contribution in [0.4, 0.5) is 10.1 Å². The molecule has 2 N–H and O–H groups in total. The Morgan fingerprint density at radius 1 is 1.30 bits per heavy atom. The van der Waals surface area contributed by atoms with Gasteiger partial charge in [0, 0.05) is 22.8 Å². The lowest BCUT2D eigenvalue weighted by molar-refractivity contribution is 0.191. The maximum Gasteiger partial charge on any atom is 0.165 e. The van der Waals surface area contributed by atoms with Crippen LogP contribution in [0.5, 0.6) is 5.75 Å². The summed E-state index contributed by atoms with van der Waals surface area (Å²) < 4.78 is 19.1. The first-order valence-electron chi connectivity index (χ1n) is 6.11. The van der Waals surface area contributed by atoms with E-state index in [2.05, 4.69) is 21.2 Å². The van der Waals surface area contributed by atoms with Crippen molar-refractivity contribution in [2.45, 2.75) is 6.10 Å². The van der Waals surface area contributed by atoms with Crippen molar-refractivity contribution in [1.29, 1.82) is 0 Å². The number of rotatable bonds is 5. The predicted molar refractivity (Wildman–Crippen MR) is 80.5 cm³/mol. The average Bonchev–Trinajstić information content (AvgIpc) is 2.46. The maximum atomic E-state index is 13.3. The van der Waals surface area contributed by atoms with E-state index in [1.165, 1.54) is 13.2 Å². The van der Waals surface area contributed by atoms with Crippen molar-refractivity contribution in [3.63, 3.8) is 0 Å². The van der Waals surface area contributed by atoms with Gasteiger partial charge < -0.3 is 15.2 Å². The third-order valence-corrected chi connectivity index (χ3v) is 3.38. The minimum absolute atomic E-state index is 0.173. The van der Waals surface area contributed by atoms with Crippen LogP contribution in [-0.2, 0) is 0 Å². The van der Waals surface area contributed by atoms with E-state index in [1.54, 1.807) is 12.1 Å². The smallest absolute Gasteiger partial charge is 0.165 e. The summed E-state index contributed by atoms with van der Waals surface area (Å²) in [7, 11) is 1.42. The first-order chi connectivity index (χ1) is 9.60. The van der Waals surface area contributed by atoms with Crippen molar-refractivity contribution in [2.24, 2.45) is 0 Å². The molecular formula is C15H15BrFNO2. The Morgan fingerprint density at radius 3 is 2.80 bits per heavy atom. The van der Waals surface area contributed by atoms with Crippen LogP contribution in [0.1, 0.15) is 11.7 Å². The molecular weight excluding hydrogens is 325 g/mol. The number of halogens is 2. The molecule has 0 aliphatic heterocycles. The summed E-state index contributed by atoms with van der Waals surface area (Å²) >= 11 is 3.36. The molecule has 2 rings (SSSR count). The topological polar surface area (TPSA) is 41.5 Å². The zero-order valence-electron chi connectivity index (χ0n) is 10.9. The number of aliphatic hydroxyl groups is 1. The third-order valence-electron chi connectivity index (χ3n) is 2.88. The molecule has 106 valence electrons. The summed E-state index contributed by atoms with van der Waals surface area (Å²) in [5.41, 5.74) is 1.50. The molecule has 1 atom stereocenters. The molecule has 1 unspecified atom stereocenters. The van der Waals surface area contributed by atoms with E-state index >= 15 is 0 Å². The highest BCUT2D eigenvalue weighted by Crippen LogP contribution is 2.23. The molecule has 0 bridgehead atoms. The fraction of sp³-hybridized carbons (Fsp3) is 0.200. The number of hydrogen-bond donors (Lipinski definition) is 2. The maximum absolute atomic E-state index is 13.3. The van der Waals surface area contributed by atoms with Crippen LogP contribution < -0.4 is 10.1 Å². The Labute approximate surface area is 125 Å². The summed E-state index contributed by atoms with van der Waals surface area (Å²) in [6, 6.07) is 12.0. The Kier molecular flexibility index (Phi) is 4.98. The number of methoxy groups -OCH3 is 1. The highest BCUT2D eigenvalue weighted by atomic mass is 79.9. The fourth-order valence-electron chi connectivity index (χ4n) is 1.82. The summed E-state index contributed by atoms with van der Waals surface area (Å²) in [5.74, 6) is -0.238. The average molecular weight is 340 g/mol. The summed E-state index contributed by atoms with van der Waals surface area (Å²) in [5, 5.41) is 13.2. The van der Waals surface area contributed by atoms with E-state index in [0.29, 0.717) is 12.2 Å². The van der Waals surface area contributed by atoms with E-state index in [-0.39, 0.29) is 5.75 Å². The Morgan fingerprint density at radius 2 is 2.10 bits per heavy atom. The first kappa shape index (κ1) is 14.8. The van der Waals surface area contributed by atoms with Crippen LogP contribution in [0.25, 0.3) is 0 Å². The van der Waals surface area contributed by atoms with Gasteiger partial charge in [-0.25, -0.2) is 4.39 Å². The minimum atomic E-state index is -0.649. The van der Waals surface area contributed by atoms with Crippen molar-refractivity contribution in [2.75, 3.05) is 19.0 Å². The number of hydrogen-bond acceptors (Lipinski definition) is 3. The highest BCUT2D eigenvalue weighted by molar-refractivity contribution is 9.10. The van der Waals surface area contributed by atoms with Gasteiger partial charge in [-0.1, -0.05) is 28.1 Å². The molecule has 0 fully saturated rings. The zero-order chi connectivity index (χ0) is 14.5. The van der Waals surface area contributed by atoms with E-state index in [4.69, 9.17) is 4.74 Å². The number of nitrogens with one attached hydrogen (secondary N) is 1. The first-order valence-corrected chi connectivity index (χ1v) is 6.90. The Hall–Kier alpha value is -1.59. The van der Waals surface area contributed by atoms with Crippen molar-refractivity contribution in [3.05, 3.63) is 58.3 Å². The molecule has 0 radical (unpaired) electrons. The standard InChI is InChI=1S/C15H15BrFNO2/c1-20-15-8-12(5-6-13(15)17)18-9-14(19)10-3-2-4-11(16)7-10/h2-8,14,18-19H,9H2,1H3. The molecule has 0 heterocycles. The monoisotopic (exact) mass is 339 g/mol. The normalized spacial score (nSPS) is 12.0. The van der Waals surface area contributed by atoms with Gasteiger partial charge in [-0.3, -0.25) is 0 Å². The van der Waals surface area contributed by atoms with E-state index in [0.717, 1.165) is 10.0 Å². The van der Waals surface area contributed by atoms with Crippen LogP contribution in [-0.4, -0.2) is 18.8 Å². The lowest BCUT2D eigenvalue weighted by atomic mass is 10.1. The van der Waals surface area contributed by atoms with Gasteiger partial charge in [0.2, 0.25) is 0 Å². The van der Waals surface area contributed by atoms with E-state index in [1.807, 2.05) is 24.3 Å². The molecule has 0 amide bonds. The molecule has 0 saturated heterocycles. The number of anilines is 1. The molecule has 0 saturated carbocycles. The summed E-state index contributed by atoms with van der Waals surface area (Å²) in [6.45, 7) is 0.325. The molecule has 20 heavy (non-hydrogen) atoms. The summed E-state index contributed by atoms with van der Waals surface area (Å²) in [6.07, 6.45) is -0.649. The highest BCUT2D eigenvalue weighted by Gasteiger charge is 2.09. The zero-order valence-corrected chi connectivity index (χ0v) is 12.5. The molecule has 2 aromatic rings. The molecule has 0 aliphatic carbocycles. The number of benzene rings is 2. The molecule has 2 aromatic carbocycles. The van der Waals surface area contributed by atoms with Gasteiger partial charge >= 0.3 is 0 Å². The van der Waals surface area contributed by atoms with Crippen molar-refractivity contribution >= 4 is 21.6 Å². The molecule has 0 aliphatic rings. The summed E-state index contributed by atoms with van der Waals surface area (Å²) in [4.78, 5) is 0.